The van der Waals surface area contributed by atoms with Crippen LogP contribution >= 0.6 is 0 Å². The number of benzene rings is 1. The molecule has 1 aromatic carbocycles. The number of ether oxygens (including phenoxy) is 3. The minimum atomic E-state index is 0.133. The van der Waals surface area contributed by atoms with E-state index < -0.39 is 0 Å². The Hall–Kier alpha value is -1.89. The minimum absolute atomic E-state index is 0.133. The van der Waals surface area contributed by atoms with Gasteiger partial charge in [0.1, 0.15) is 0 Å². The molecular formula is C22H30N2O4. The summed E-state index contributed by atoms with van der Waals surface area (Å²) in [7, 11) is 1.76. The highest BCUT2D eigenvalue weighted by molar-refractivity contribution is 6.14. The number of fused-ring (bicyclic) bond motifs is 1. The molecule has 2 aliphatic heterocycles. The summed E-state index contributed by atoms with van der Waals surface area (Å²) in [4.78, 5) is 4.64. The van der Waals surface area contributed by atoms with Gasteiger partial charge in [0.05, 0.1) is 49.3 Å². The van der Waals surface area contributed by atoms with Crippen molar-refractivity contribution < 1.29 is 19.3 Å². The highest BCUT2D eigenvalue weighted by atomic mass is 16.5. The van der Waals surface area contributed by atoms with Gasteiger partial charge in [0.2, 0.25) is 5.88 Å². The molecular weight excluding hydrogens is 356 g/mol. The fourth-order valence-electron chi connectivity index (χ4n) is 4.45. The minimum Gasteiger partial charge on any atom is -0.494 e. The maximum Gasteiger partial charge on any atom is 0.201 e. The molecule has 6 heteroatoms. The first-order valence-corrected chi connectivity index (χ1v) is 10.2. The van der Waals surface area contributed by atoms with E-state index in [1.165, 1.54) is 5.56 Å². The zero-order chi connectivity index (χ0) is 19.7. The van der Waals surface area contributed by atoms with E-state index in [9.17, 15) is 5.11 Å². The first kappa shape index (κ1) is 19.4. The number of rotatable bonds is 5. The van der Waals surface area contributed by atoms with Crippen LogP contribution in [-0.4, -0.2) is 61.6 Å². The number of aromatic nitrogens is 1. The quantitative estimate of drug-likeness (QED) is 0.856. The van der Waals surface area contributed by atoms with Crippen LogP contribution in [0.4, 0.5) is 0 Å². The third kappa shape index (κ3) is 3.56. The van der Waals surface area contributed by atoms with Crippen LogP contribution < -0.4 is 0 Å². The number of hydrogen-bond acceptors (Lipinski definition) is 5. The van der Waals surface area contributed by atoms with E-state index in [0.717, 1.165) is 41.6 Å². The van der Waals surface area contributed by atoms with Crippen molar-refractivity contribution >= 4 is 16.6 Å². The summed E-state index contributed by atoms with van der Waals surface area (Å²) in [6, 6.07) is 6.66. The van der Waals surface area contributed by atoms with Crippen molar-refractivity contribution in [2.24, 2.45) is 10.9 Å². The second-order valence-corrected chi connectivity index (χ2v) is 8.00. The second-order valence-electron chi connectivity index (χ2n) is 8.00. The molecule has 0 spiro atoms. The average molecular weight is 386 g/mol. The molecule has 0 aliphatic carbocycles. The second kappa shape index (κ2) is 8.23. The van der Waals surface area contributed by atoms with Crippen molar-refractivity contribution in [1.82, 2.24) is 4.57 Å². The molecule has 4 rings (SSSR count). The first-order chi connectivity index (χ1) is 13.6. The molecule has 1 aromatic heterocycles. The van der Waals surface area contributed by atoms with Crippen LogP contribution in [0.3, 0.4) is 0 Å². The van der Waals surface area contributed by atoms with Crippen molar-refractivity contribution in [2.45, 2.75) is 38.8 Å². The Kier molecular flexibility index (Phi) is 5.71. The third-order valence-electron chi connectivity index (χ3n) is 5.87. The summed E-state index contributed by atoms with van der Waals surface area (Å²) in [6.07, 6.45) is 2.07. The number of methoxy groups -OCH3 is 1. The number of nitrogens with zero attached hydrogens (tertiary/aromatic N) is 2. The number of aromatic hydroxyl groups is 1. The molecule has 0 radical (unpaired) electrons. The van der Waals surface area contributed by atoms with Crippen LogP contribution in [0.25, 0.3) is 10.9 Å². The Labute approximate surface area is 166 Å². The molecule has 0 amide bonds. The van der Waals surface area contributed by atoms with Gasteiger partial charge in [-0.2, -0.15) is 0 Å². The zero-order valence-corrected chi connectivity index (χ0v) is 17.0. The molecule has 28 heavy (non-hydrogen) atoms. The normalized spacial score (nSPS) is 23.4. The van der Waals surface area contributed by atoms with Crippen molar-refractivity contribution in [1.29, 1.82) is 0 Å². The molecule has 2 aromatic rings. The van der Waals surface area contributed by atoms with Crippen molar-refractivity contribution in [3.8, 4) is 5.88 Å². The summed E-state index contributed by atoms with van der Waals surface area (Å²) >= 11 is 0. The highest BCUT2D eigenvalue weighted by Gasteiger charge is 2.27. The van der Waals surface area contributed by atoms with Gasteiger partial charge >= 0.3 is 0 Å². The fourth-order valence-corrected chi connectivity index (χ4v) is 4.45. The van der Waals surface area contributed by atoms with Crippen LogP contribution in [0.2, 0.25) is 0 Å². The van der Waals surface area contributed by atoms with Gasteiger partial charge in [-0.25, -0.2) is 0 Å². The maximum atomic E-state index is 11.0. The predicted molar refractivity (Wildman–Crippen MR) is 110 cm³/mol. The Morgan fingerprint density at radius 2 is 2.14 bits per heavy atom. The summed E-state index contributed by atoms with van der Waals surface area (Å²) in [5, 5.41) is 12.1. The molecule has 0 bridgehead atoms. The Bertz CT molecular complexity index is 871. The van der Waals surface area contributed by atoms with E-state index in [1.807, 2.05) is 4.57 Å². The Morgan fingerprint density at radius 1 is 1.29 bits per heavy atom. The predicted octanol–water partition coefficient (Wildman–Crippen LogP) is 3.34. The van der Waals surface area contributed by atoms with Crippen LogP contribution in [-0.2, 0) is 20.6 Å². The van der Waals surface area contributed by atoms with Gasteiger partial charge in [-0.15, -0.1) is 0 Å². The van der Waals surface area contributed by atoms with Crippen LogP contribution in [0.15, 0.2) is 23.2 Å². The number of aliphatic imine (C=N–C) groups is 1. The van der Waals surface area contributed by atoms with Gasteiger partial charge in [0.25, 0.3) is 0 Å². The van der Waals surface area contributed by atoms with Gasteiger partial charge in [-0.05, 0) is 50.3 Å². The molecule has 2 aliphatic rings. The van der Waals surface area contributed by atoms with Crippen molar-refractivity contribution in [2.75, 3.05) is 40.1 Å². The van der Waals surface area contributed by atoms with E-state index in [-0.39, 0.29) is 18.0 Å². The van der Waals surface area contributed by atoms with Crippen molar-refractivity contribution in [3.63, 3.8) is 0 Å². The van der Waals surface area contributed by atoms with E-state index in [2.05, 4.69) is 37.0 Å². The molecule has 3 heterocycles. The van der Waals surface area contributed by atoms with E-state index in [4.69, 9.17) is 14.2 Å². The Balaban J connectivity index is 1.76. The van der Waals surface area contributed by atoms with Gasteiger partial charge in [0.15, 0.2) is 0 Å². The lowest BCUT2D eigenvalue weighted by Crippen LogP contribution is -2.35. The molecule has 1 N–H and O–H groups in total. The standard InChI is InChI=1S/C22H30N2O4/c1-14(2)24-19-5-4-15(10-16-6-8-27-13-20(16)26-3)11-17(19)21(22(24)25)18-12-28-9-7-23-18/h4-5,11,14,16,20,25H,6-10,12-13H2,1-3H3. The van der Waals surface area contributed by atoms with Crippen LogP contribution in [0.1, 0.15) is 37.4 Å². The van der Waals surface area contributed by atoms with Gasteiger partial charge in [-0.3, -0.25) is 4.99 Å². The summed E-state index contributed by atoms with van der Waals surface area (Å²) in [5.41, 5.74) is 3.95. The fraction of sp³-hybridized carbons (Fsp3) is 0.591. The van der Waals surface area contributed by atoms with Crippen LogP contribution in [0.5, 0.6) is 5.88 Å². The molecule has 1 saturated heterocycles. The summed E-state index contributed by atoms with van der Waals surface area (Å²) in [5.74, 6) is 0.725. The maximum absolute atomic E-state index is 11.0. The Morgan fingerprint density at radius 3 is 2.86 bits per heavy atom. The molecule has 2 atom stereocenters. The van der Waals surface area contributed by atoms with Gasteiger partial charge in [-0.1, -0.05) is 6.07 Å². The molecule has 0 saturated carbocycles. The lowest BCUT2D eigenvalue weighted by atomic mass is 9.89. The molecule has 6 nitrogen and oxygen atoms in total. The summed E-state index contributed by atoms with van der Waals surface area (Å²) in [6.45, 7) is 7.34. The number of hydrogen-bond donors (Lipinski definition) is 1. The molecule has 2 unspecified atom stereocenters. The SMILES string of the molecule is COC1COCCC1Cc1ccc2c(c1)c(C1=NCCOC1)c(O)n2C(C)C. The van der Waals surface area contributed by atoms with Gasteiger partial charge in [0, 0.05) is 25.1 Å². The van der Waals surface area contributed by atoms with Crippen LogP contribution in [0, 0.1) is 5.92 Å². The molecule has 1 fully saturated rings. The lowest BCUT2D eigenvalue weighted by molar-refractivity contribution is -0.0650. The average Bonchev–Trinajstić information content (AvgIpc) is 3.00. The monoisotopic (exact) mass is 386 g/mol. The first-order valence-electron chi connectivity index (χ1n) is 10.2. The largest absolute Gasteiger partial charge is 0.494 e. The van der Waals surface area contributed by atoms with E-state index in [1.54, 1.807) is 7.11 Å². The lowest BCUT2D eigenvalue weighted by Gasteiger charge is -2.30. The molecule has 152 valence electrons. The zero-order valence-electron chi connectivity index (χ0n) is 17.0. The topological polar surface area (TPSA) is 65.2 Å². The summed E-state index contributed by atoms with van der Waals surface area (Å²) < 4.78 is 18.8. The van der Waals surface area contributed by atoms with Gasteiger partial charge < -0.3 is 23.9 Å². The van der Waals surface area contributed by atoms with Crippen molar-refractivity contribution in [3.05, 3.63) is 29.3 Å². The van der Waals surface area contributed by atoms with E-state index in [0.29, 0.717) is 32.3 Å². The third-order valence-corrected chi connectivity index (χ3v) is 5.87. The highest BCUT2D eigenvalue weighted by Crippen LogP contribution is 2.36. The smallest absolute Gasteiger partial charge is 0.201 e. The van der Waals surface area contributed by atoms with E-state index >= 15 is 0 Å².